The summed E-state index contributed by atoms with van der Waals surface area (Å²) >= 11 is 0. The van der Waals surface area contributed by atoms with Crippen LogP contribution in [0.5, 0.6) is 0 Å². The molecule has 1 saturated heterocycles. The highest BCUT2D eigenvalue weighted by Crippen LogP contribution is 2.04. The molecule has 0 aliphatic carbocycles. The molecule has 1 unspecified atom stereocenters. The highest BCUT2D eigenvalue weighted by molar-refractivity contribution is 6.00. The largest absolute Gasteiger partial charge is 0.314 e. The molecule has 92 valence electrons. The van der Waals surface area contributed by atoms with E-state index in [1.165, 1.54) is 0 Å². The van der Waals surface area contributed by atoms with Crippen molar-refractivity contribution >= 4 is 11.8 Å². The molecule has 0 saturated carbocycles. The molecular formula is C11H21N3O2. The molecule has 1 aliphatic rings. The fourth-order valence-corrected chi connectivity index (χ4v) is 1.71. The minimum atomic E-state index is -0.197. The number of amides is 2. The molecule has 0 aromatic rings. The van der Waals surface area contributed by atoms with Gasteiger partial charge in [0.25, 0.3) is 0 Å². The van der Waals surface area contributed by atoms with Crippen molar-refractivity contribution in [1.29, 1.82) is 0 Å². The molecule has 16 heavy (non-hydrogen) atoms. The average molecular weight is 227 g/mol. The number of imide groups is 1. The minimum Gasteiger partial charge on any atom is -0.314 e. The maximum absolute atomic E-state index is 11.4. The Morgan fingerprint density at radius 3 is 2.81 bits per heavy atom. The number of carbonyl (C=O) groups is 2. The van der Waals surface area contributed by atoms with Gasteiger partial charge in [0.05, 0.1) is 12.6 Å². The van der Waals surface area contributed by atoms with Crippen molar-refractivity contribution in [3.63, 3.8) is 0 Å². The first-order valence-electron chi connectivity index (χ1n) is 5.82. The molecule has 1 heterocycles. The van der Waals surface area contributed by atoms with Gasteiger partial charge in [-0.05, 0) is 19.9 Å². The van der Waals surface area contributed by atoms with E-state index in [0.29, 0.717) is 12.6 Å². The molecule has 0 aromatic carbocycles. The third-order valence-corrected chi connectivity index (χ3v) is 2.71. The molecule has 5 nitrogen and oxygen atoms in total. The molecule has 1 rings (SSSR count). The van der Waals surface area contributed by atoms with Gasteiger partial charge in [0.1, 0.15) is 0 Å². The van der Waals surface area contributed by atoms with Gasteiger partial charge in [-0.3, -0.25) is 19.8 Å². The summed E-state index contributed by atoms with van der Waals surface area (Å²) in [5.74, 6) is -0.381. The zero-order valence-corrected chi connectivity index (χ0v) is 10.2. The standard InChI is InChI=1S/C11H21N3O2/c1-8(2)12-5-4-6-14-7-10(15)13-11(16)9(14)3/h8-9,12H,4-7H2,1-3H3,(H,13,15,16). The van der Waals surface area contributed by atoms with Crippen molar-refractivity contribution in [2.24, 2.45) is 0 Å². The molecule has 0 bridgehead atoms. The van der Waals surface area contributed by atoms with Crippen LogP contribution in [0.25, 0.3) is 0 Å². The van der Waals surface area contributed by atoms with E-state index in [-0.39, 0.29) is 17.9 Å². The fraction of sp³-hybridized carbons (Fsp3) is 0.818. The lowest BCUT2D eigenvalue weighted by Crippen LogP contribution is -2.57. The molecule has 1 fully saturated rings. The number of carbonyl (C=O) groups excluding carboxylic acids is 2. The Balaban J connectivity index is 2.29. The van der Waals surface area contributed by atoms with Crippen LogP contribution in [0.15, 0.2) is 0 Å². The van der Waals surface area contributed by atoms with Crippen LogP contribution in [-0.2, 0) is 9.59 Å². The molecule has 0 aromatic heterocycles. The van der Waals surface area contributed by atoms with Crippen molar-refractivity contribution in [3.05, 3.63) is 0 Å². The number of nitrogens with zero attached hydrogens (tertiary/aromatic N) is 1. The SMILES string of the molecule is CC(C)NCCCN1CC(=O)NC(=O)C1C. The zero-order valence-electron chi connectivity index (χ0n) is 10.2. The van der Waals surface area contributed by atoms with Crippen molar-refractivity contribution < 1.29 is 9.59 Å². The smallest absolute Gasteiger partial charge is 0.243 e. The van der Waals surface area contributed by atoms with Gasteiger partial charge < -0.3 is 5.32 Å². The van der Waals surface area contributed by atoms with Crippen LogP contribution in [0, 0.1) is 0 Å². The quantitative estimate of drug-likeness (QED) is 0.501. The molecule has 0 radical (unpaired) electrons. The molecule has 1 aliphatic heterocycles. The van der Waals surface area contributed by atoms with E-state index in [4.69, 9.17) is 0 Å². The maximum Gasteiger partial charge on any atom is 0.243 e. The predicted octanol–water partition coefficient (Wildman–Crippen LogP) is -0.279. The zero-order chi connectivity index (χ0) is 12.1. The van der Waals surface area contributed by atoms with E-state index in [0.717, 1.165) is 19.5 Å². The predicted molar refractivity (Wildman–Crippen MR) is 61.9 cm³/mol. The van der Waals surface area contributed by atoms with Gasteiger partial charge in [0.15, 0.2) is 0 Å². The second-order valence-corrected chi connectivity index (χ2v) is 4.52. The van der Waals surface area contributed by atoms with Crippen molar-refractivity contribution in [2.45, 2.75) is 39.3 Å². The summed E-state index contributed by atoms with van der Waals surface area (Å²) in [5, 5.41) is 5.64. The molecular weight excluding hydrogens is 206 g/mol. The van der Waals surface area contributed by atoms with Crippen LogP contribution in [0.3, 0.4) is 0 Å². The van der Waals surface area contributed by atoms with E-state index in [9.17, 15) is 9.59 Å². The van der Waals surface area contributed by atoms with Gasteiger partial charge >= 0.3 is 0 Å². The van der Waals surface area contributed by atoms with Gasteiger partial charge in [0.2, 0.25) is 11.8 Å². The fourth-order valence-electron chi connectivity index (χ4n) is 1.71. The Hall–Kier alpha value is -0.940. The number of piperazine rings is 1. The van der Waals surface area contributed by atoms with E-state index in [1.807, 2.05) is 11.8 Å². The van der Waals surface area contributed by atoms with E-state index >= 15 is 0 Å². The van der Waals surface area contributed by atoms with Gasteiger partial charge in [-0.25, -0.2) is 0 Å². The Morgan fingerprint density at radius 1 is 1.50 bits per heavy atom. The summed E-state index contributed by atoms with van der Waals surface area (Å²) in [7, 11) is 0. The summed E-state index contributed by atoms with van der Waals surface area (Å²) in [6.45, 7) is 8.05. The van der Waals surface area contributed by atoms with Crippen molar-refractivity contribution in [2.75, 3.05) is 19.6 Å². The molecule has 1 atom stereocenters. The maximum atomic E-state index is 11.4. The molecule has 2 N–H and O–H groups in total. The van der Waals surface area contributed by atoms with Gasteiger partial charge in [-0.2, -0.15) is 0 Å². The van der Waals surface area contributed by atoms with Crippen molar-refractivity contribution in [1.82, 2.24) is 15.5 Å². The number of hydrogen-bond acceptors (Lipinski definition) is 4. The topological polar surface area (TPSA) is 61.4 Å². The van der Waals surface area contributed by atoms with Crippen LogP contribution in [0.4, 0.5) is 0 Å². The monoisotopic (exact) mass is 227 g/mol. The first kappa shape index (κ1) is 13.1. The third kappa shape index (κ3) is 3.90. The van der Waals surface area contributed by atoms with Crippen molar-refractivity contribution in [3.8, 4) is 0 Å². The Labute approximate surface area is 96.6 Å². The molecule has 0 spiro atoms. The molecule has 5 heteroatoms. The lowest BCUT2D eigenvalue weighted by atomic mass is 10.2. The first-order chi connectivity index (χ1) is 7.50. The van der Waals surface area contributed by atoms with Gasteiger partial charge in [-0.15, -0.1) is 0 Å². The highest BCUT2D eigenvalue weighted by atomic mass is 16.2. The summed E-state index contributed by atoms with van der Waals surface area (Å²) in [4.78, 5) is 24.5. The first-order valence-corrected chi connectivity index (χ1v) is 5.82. The second-order valence-electron chi connectivity index (χ2n) is 4.52. The van der Waals surface area contributed by atoms with Crippen LogP contribution in [-0.4, -0.2) is 48.4 Å². The minimum absolute atomic E-state index is 0.187. The van der Waals surface area contributed by atoms with E-state index < -0.39 is 0 Å². The third-order valence-electron chi connectivity index (χ3n) is 2.71. The highest BCUT2D eigenvalue weighted by Gasteiger charge is 2.29. The van der Waals surface area contributed by atoms with Gasteiger partial charge in [-0.1, -0.05) is 13.8 Å². The van der Waals surface area contributed by atoms with Crippen LogP contribution in [0.2, 0.25) is 0 Å². The lowest BCUT2D eigenvalue weighted by Gasteiger charge is -2.31. The summed E-state index contributed by atoms with van der Waals surface area (Å²) in [6, 6.07) is 0.278. The number of rotatable bonds is 5. The Bertz CT molecular complexity index is 266. The van der Waals surface area contributed by atoms with Crippen LogP contribution >= 0.6 is 0 Å². The van der Waals surface area contributed by atoms with E-state index in [1.54, 1.807) is 0 Å². The van der Waals surface area contributed by atoms with Gasteiger partial charge in [0, 0.05) is 12.6 Å². The molecule has 2 amide bonds. The number of nitrogens with one attached hydrogen (secondary N) is 2. The Morgan fingerprint density at radius 2 is 2.19 bits per heavy atom. The van der Waals surface area contributed by atoms with E-state index in [2.05, 4.69) is 24.5 Å². The van der Waals surface area contributed by atoms with Crippen LogP contribution in [0.1, 0.15) is 27.2 Å². The number of hydrogen-bond donors (Lipinski definition) is 2. The average Bonchev–Trinajstić information content (AvgIpc) is 2.19. The Kier molecular flexibility index (Phi) is 4.89. The van der Waals surface area contributed by atoms with Crippen LogP contribution < -0.4 is 10.6 Å². The summed E-state index contributed by atoms with van der Waals surface area (Å²) in [6.07, 6.45) is 0.947. The normalized spacial score (nSPS) is 22.6. The summed E-state index contributed by atoms with van der Waals surface area (Å²) in [5.41, 5.74) is 0. The lowest BCUT2D eigenvalue weighted by molar-refractivity contribution is -0.139. The second kappa shape index (κ2) is 5.96. The summed E-state index contributed by atoms with van der Waals surface area (Å²) < 4.78 is 0.